The zero-order valence-electron chi connectivity index (χ0n) is 20.0. The van der Waals surface area contributed by atoms with Gasteiger partial charge >= 0.3 is 0 Å². The molecule has 2 aromatic heterocycles. The van der Waals surface area contributed by atoms with Crippen molar-refractivity contribution in [1.82, 2.24) is 14.3 Å². The summed E-state index contributed by atoms with van der Waals surface area (Å²) in [6, 6.07) is 11.9. The SMILES string of the molecule is CC[NH+](CC)CCN1C(=O)C(=O)C(=C([O-])c2c(C)nc3ccccn23)C1c1cccc(OC)c1. The zero-order chi connectivity index (χ0) is 24.4. The topological polar surface area (TPSA) is 91.4 Å². The largest absolute Gasteiger partial charge is 0.871 e. The van der Waals surface area contributed by atoms with Crippen LogP contribution in [0.25, 0.3) is 11.4 Å². The third-order valence-electron chi connectivity index (χ3n) is 6.56. The molecule has 1 unspecified atom stereocenters. The molecule has 8 nitrogen and oxygen atoms in total. The first-order chi connectivity index (χ1) is 16.4. The third-order valence-corrected chi connectivity index (χ3v) is 6.56. The van der Waals surface area contributed by atoms with Crippen molar-refractivity contribution in [1.29, 1.82) is 0 Å². The lowest BCUT2D eigenvalue weighted by molar-refractivity contribution is -0.895. The Hall–Kier alpha value is -3.65. The number of hydrogen-bond acceptors (Lipinski definition) is 5. The lowest BCUT2D eigenvalue weighted by Crippen LogP contribution is -3.12. The van der Waals surface area contributed by atoms with E-state index in [1.54, 1.807) is 55.0 Å². The Morgan fingerprint density at radius 3 is 2.62 bits per heavy atom. The fraction of sp³-hybridized carbons (Fsp3) is 0.346. The number of quaternary nitrogens is 1. The number of carbonyl (C=O) groups is 2. The predicted octanol–water partition coefficient (Wildman–Crippen LogP) is 0.800. The van der Waals surface area contributed by atoms with Crippen LogP contribution < -0.4 is 14.7 Å². The normalized spacial score (nSPS) is 17.8. The van der Waals surface area contributed by atoms with Gasteiger partial charge in [0, 0.05) is 11.8 Å². The number of ether oxygens (including phenoxy) is 1. The van der Waals surface area contributed by atoms with Crippen LogP contribution >= 0.6 is 0 Å². The monoisotopic (exact) mass is 462 g/mol. The number of aromatic nitrogens is 2. The van der Waals surface area contributed by atoms with Gasteiger partial charge in [-0.25, -0.2) is 4.98 Å². The highest BCUT2D eigenvalue weighted by molar-refractivity contribution is 6.46. The quantitative estimate of drug-likeness (QED) is 0.304. The van der Waals surface area contributed by atoms with Gasteiger partial charge in [-0.3, -0.25) is 9.59 Å². The van der Waals surface area contributed by atoms with Gasteiger partial charge in [-0.15, -0.1) is 0 Å². The van der Waals surface area contributed by atoms with E-state index in [1.807, 2.05) is 12.1 Å². The molecule has 0 saturated carbocycles. The van der Waals surface area contributed by atoms with Crippen LogP contribution in [0.15, 0.2) is 54.2 Å². The number of amides is 1. The second-order valence-electron chi connectivity index (χ2n) is 8.43. The minimum atomic E-state index is -0.786. The Morgan fingerprint density at radius 1 is 1.15 bits per heavy atom. The van der Waals surface area contributed by atoms with E-state index in [4.69, 9.17) is 4.74 Å². The van der Waals surface area contributed by atoms with Gasteiger partial charge in [0.15, 0.2) is 0 Å². The molecule has 1 aliphatic heterocycles. The molecule has 1 amide bonds. The molecule has 0 radical (unpaired) electrons. The van der Waals surface area contributed by atoms with Crippen molar-refractivity contribution in [2.75, 3.05) is 33.3 Å². The number of hydrogen-bond donors (Lipinski definition) is 1. The second-order valence-corrected chi connectivity index (χ2v) is 8.43. The molecule has 8 heteroatoms. The van der Waals surface area contributed by atoms with Gasteiger partial charge < -0.3 is 24.0 Å². The minimum Gasteiger partial charge on any atom is -0.871 e. The van der Waals surface area contributed by atoms with Crippen LogP contribution in [-0.4, -0.2) is 59.3 Å². The first kappa shape index (κ1) is 23.5. The smallest absolute Gasteiger partial charge is 0.295 e. The lowest BCUT2D eigenvalue weighted by atomic mass is 9.96. The molecule has 1 fully saturated rings. The van der Waals surface area contributed by atoms with E-state index >= 15 is 0 Å². The summed E-state index contributed by atoms with van der Waals surface area (Å²) in [6.45, 7) is 8.78. The van der Waals surface area contributed by atoms with Crippen LogP contribution in [0.3, 0.4) is 0 Å². The van der Waals surface area contributed by atoms with Crippen LogP contribution in [0.2, 0.25) is 0 Å². The highest BCUT2D eigenvalue weighted by atomic mass is 16.5. The molecule has 1 N–H and O–H groups in total. The Balaban J connectivity index is 1.89. The summed E-state index contributed by atoms with van der Waals surface area (Å²) in [4.78, 5) is 33.8. The average molecular weight is 463 g/mol. The van der Waals surface area contributed by atoms with E-state index < -0.39 is 23.5 Å². The summed E-state index contributed by atoms with van der Waals surface area (Å²) in [7, 11) is 1.56. The van der Waals surface area contributed by atoms with Gasteiger partial charge in [0.25, 0.3) is 5.91 Å². The van der Waals surface area contributed by atoms with Crippen LogP contribution in [0.4, 0.5) is 0 Å². The molecule has 3 heterocycles. The highest BCUT2D eigenvalue weighted by Gasteiger charge is 2.44. The Labute approximate surface area is 199 Å². The molecular formula is C26H30N4O4. The third kappa shape index (κ3) is 4.05. The Bertz CT molecular complexity index is 1260. The number of pyridine rings is 1. The number of likely N-dealkylation sites (tertiary alicyclic amines) is 1. The van der Waals surface area contributed by atoms with Gasteiger partial charge in [0.1, 0.15) is 11.4 Å². The van der Waals surface area contributed by atoms with E-state index in [9.17, 15) is 14.7 Å². The summed E-state index contributed by atoms with van der Waals surface area (Å²) >= 11 is 0. The van der Waals surface area contributed by atoms with Crippen LogP contribution in [0, 0.1) is 6.92 Å². The van der Waals surface area contributed by atoms with E-state index in [-0.39, 0.29) is 5.57 Å². The van der Waals surface area contributed by atoms with Crippen molar-refractivity contribution in [3.63, 3.8) is 0 Å². The number of Topliss-reactive ketones (excluding diaryl/α,β-unsaturated/α-hetero) is 1. The average Bonchev–Trinajstić information content (AvgIpc) is 3.32. The number of imidazole rings is 1. The Morgan fingerprint density at radius 2 is 1.91 bits per heavy atom. The first-order valence-corrected chi connectivity index (χ1v) is 11.6. The number of aryl methyl sites for hydroxylation is 1. The van der Waals surface area contributed by atoms with Crippen LogP contribution in [0.1, 0.15) is 36.8 Å². The van der Waals surface area contributed by atoms with Gasteiger partial charge in [0.05, 0.1) is 50.7 Å². The minimum absolute atomic E-state index is 0.0402. The van der Waals surface area contributed by atoms with E-state index in [0.717, 1.165) is 13.1 Å². The van der Waals surface area contributed by atoms with E-state index in [2.05, 4.69) is 18.8 Å². The van der Waals surface area contributed by atoms with Crippen molar-refractivity contribution >= 4 is 23.1 Å². The van der Waals surface area contributed by atoms with Crippen molar-refractivity contribution in [2.45, 2.75) is 26.8 Å². The predicted molar refractivity (Wildman–Crippen MR) is 126 cm³/mol. The maximum absolute atomic E-state index is 13.9. The molecule has 178 valence electrons. The zero-order valence-corrected chi connectivity index (χ0v) is 20.0. The summed E-state index contributed by atoms with van der Waals surface area (Å²) in [5.74, 6) is -1.27. The number of ketones is 1. The first-order valence-electron chi connectivity index (χ1n) is 11.6. The van der Waals surface area contributed by atoms with Gasteiger partial charge in [-0.2, -0.15) is 0 Å². The number of nitrogens with one attached hydrogen (secondary N) is 1. The van der Waals surface area contributed by atoms with Crippen LogP contribution in [0.5, 0.6) is 5.75 Å². The maximum Gasteiger partial charge on any atom is 0.295 e. The lowest BCUT2D eigenvalue weighted by Gasteiger charge is -2.28. The summed E-state index contributed by atoms with van der Waals surface area (Å²) in [5, 5.41) is 13.9. The summed E-state index contributed by atoms with van der Waals surface area (Å²) in [5.41, 5.74) is 2.06. The molecule has 0 bridgehead atoms. The number of methoxy groups -OCH3 is 1. The number of likely N-dealkylation sites (N-methyl/N-ethyl adjacent to an activating group) is 1. The van der Waals surface area contributed by atoms with E-state index in [0.29, 0.717) is 41.4 Å². The van der Waals surface area contributed by atoms with Crippen molar-refractivity contribution in [2.24, 2.45) is 0 Å². The van der Waals surface area contributed by atoms with Gasteiger partial charge in [-0.05, 0) is 50.6 Å². The fourth-order valence-electron chi connectivity index (χ4n) is 4.66. The summed E-state index contributed by atoms with van der Waals surface area (Å²) < 4.78 is 7.05. The molecule has 1 saturated heterocycles. The van der Waals surface area contributed by atoms with Gasteiger partial charge in [-0.1, -0.05) is 24.0 Å². The Kier molecular flexibility index (Phi) is 6.70. The summed E-state index contributed by atoms with van der Waals surface area (Å²) in [6.07, 6.45) is 1.74. The molecule has 3 aromatic rings. The molecule has 34 heavy (non-hydrogen) atoms. The maximum atomic E-state index is 13.9. The molecule has 0 aliphatic carbocycles. The number of rotatable bonds is 8. The van der Waals surface area contributed by atoms with Crippen molar-refractivity contribution < 1.29 is 24.3 Å². The van der Waals surface area contributed by atoms with E-state index in [1.165, 1.54) is 9.80 Å². The number of carbonyl (C=O) groups excluding carboxylic acids is 2. The van der Waals surface area contributed by atoms with Crippen molar-refractivity contribution in [3.8, 4) is 5.75 Å². The second kappa shape index (κ2) is 9.69. The molecule has 4 rings (SSSR count). The molecular weight excluding hydrogens is 432 g/mol. The van der Waals surface area contributed by atoms with Crippen molar-refractivity contribution in [3.05, 3.63) is 71.2 Å². The molecule has 1 aliphatic rings. The standard InChI is InChI=1S/C26H30N4O4/c1-5-28(6-2)14-15-30-23(18-10-9-11-19(16-18)34-4)21(25(32)26(30)33)24(31)22-17(3)27-20-12-7-8-13-29(20)22/h7-13,16,23,31H,5-6,14-15H2,1-4H3. The molecule has 1 atom stereocenters. The van der Waals surface area contributed by atoms with Crippen LogP contribution in [-0.2, 0) is 9.59 Å². The fourth-order valence-corrected chi connectivity index (χ4v) is 4.66. The number of benzene rings is 1. The van der Waals surface area contributed by atoms with Gasteiger partial charge in [0.2, 0.25) is 5.78 Å². The number of nitrogens with zero attached hydrogens (tertiary/aromatic N) is 3. The number of fused-ring (bicyclic) bond motifs is 1. The highest BCUT2D eigenvalue weighted by Crippen LogP contribution is 2.39. The molecule has 1 aromatic carbocycles. The molecule has 0 spiro atoms.